The number of pyridine rings is 1. The van der Waals surface area contributed by atoms with Gasteiger partial charge in [-0.05, 0) is 0 Å². The number of anilines is 1. The van der Waals surface area contributed by atoms with Gasteiger partial charge in [-0.3, -0.25) is 0 Å². The first-order valence-corrected chi connectivity index (χ1v) is 22.2. The van der Waals surface area contributed by atoms with E-state index in [-0.39, 0.29) is 16.6 Å². The zero-order valence-electron chi connectivity index (χ0n) is 27.7. The van der Waals surface area contributed by atoms with Crippen molar-refractivity contribution in [2.75, 3.05) is 12.4 Å². The first-order chi connectivity index (χ1) is 21.7. The molecular formula is C37H43InN2O5S. The van der Waals surface area contributed by atoms with Crippen molar-refractivity contribution in [3.8, 4) is 17.0 Å². The van der Waals surface area contributed by atoms with Gasteiger partial charge < -0.3 is 0 Å². The van der Waals surface area contributed by atoms with Gasteiger partial charge in [-0.1, -0.05) is 0 Å². The van der Waals surface area contributed by atoms with E-state index in [0.29, 0.717) is 18.7 Å². The number of benzene rings is 2. The van der Waals surface area contributed by atoms with Gasteiger partial charge in [-0.2, -0.15) is 0 Å². The standard InChI is InChI=1S/C24H31NO4S.C13H12NO.In/c1-16(26)21(20-15-17-9-7-8-10-19(17)25-20)29-14-12-18(30-23(2,3)4)11-13-24(5,6)22(27)28;1-10-3-5-11(6-4-10)12-7-8-13(15-2)14-9-12;/h7-10,12,20-21,25H,13,15H2,1-6H3,(H,27,28);3-9H,1H2,2H3;/t20-,21+;;/m0../s1. The van der Waals surface area contributed by atoms with E-state index < -0.39 is 38.9 Å². The molecule has 3 aromatic rings. The number of nitrogens with one attached hydrogen (secondary N) is 1. The molecule has 0 unspecified atom stereocenters. The number of nitrogens with zero attached hydrogens (tertiary/aromatic N) is 1. The Morgan fingerprint density at radius 2 is 1.74 bits per heavy atom. The summed E-state index contributed by atoms with van der Waals surface area (Å²) in [7, 11) is 1.60. The normalized spacial score (nSPS) is 16.9. The van der Waals surface area contributed by atoms with Crippen LogP contribution in [0.15, 0.2) is 84.7 Å². The van der Waals surface area contributed by atoms with E-state index >= 15 is 0 Å². The van der Waals surface area contributed by atoms with E-state index in [9.17, 15) is 14.7 Å². The van der Waals surface area contributed by atoms with Crippen molar-refractivity contribution >= 4 is 50.6 Å². The number of rotatable bonds is 12. The predicted octanol–water partition coefficient (Wildman–Crippen LogP) is 7.61. The molecule has 5 rings (SSSR count). The Morgan fingerprint density at radius 1 is 1.04 bits per heavy atom. The minimum absolute atomic E-state index is 0.0157. The molecule has 0 aliphatic carbocycles. The number of aliphatic carboxylic acids is 1. The quantitative estimate of drug-likeness (QED) is 0.196. The average Bonchev–Trinajstić information content (AvgIpc) is 3.56. The third kappa shape index (κ3) is 8.03. The number of ketones is 1. The number of carboxylic acids is 1. The molecule has 2 atom stereocenters. The van der Waals surface area contributed by atoms with Gasteiger partial charge >= 0.3 is 286 Å². The molecule has 3 heterocycles. The van der Waals surface area contributed by atoms with Gasteiger partial charge in [0.25, 0.3) is 0 Å². The van der Waals surface area contributed by atoms with Crippen LogP contribution in [0.3, 0.4) is 0 Å². The van der Waals surface area contributed by atoms with Crippen LogP contribution in [0.1, 0.15) is 59.1 Å². The first-order valence-electron chi connectivity index (χ1n) is 15.7. The maximum atomic E-state index is 13.2. The molecule has 2 aromatic carbocycles. The number of aromatic nitrogens is 1. The van der Waals surface area contributed by atoms with Crippen LogP contribution in [0.5, 0.6) is 5.88 Å². The molecule has 9 heteroatoms. The molecule has 1 aromatic heterocycles. The van der Waals surface area contributed by atoms with Crippen LogP contribution in [0.25, 0.3) is 11.1 Å². The van der Waals surface area contributed by atoms with Crippen LogP contribution < -0.4 is 10.1 Å². The van der Waals surface area contributed by atoms with Gasteiger partial charge in [-0.25, -0.2) is 0 Å². The number of hydrogen-bond donors (Lipinski definition) is 2. The van der Waals surface area contributed by atoms with Crippen molar-refractivity contribution in [3.05, 3.63) is 95.8 Å². The minimum atomic E-state index is -3.09. The molecule has 240 valence electrons. The Hall–Kier alpha value is -3.17. The SMILES string of the molecule is COc1ccc(-c2ccc([CH2][In]3[C](O[C@H](C(C)=O)[C@@H]4Cc5ccccc5N4)=CC(SC(C)(C)C)=[C]3CC(C)(C)C(=O)O)cc2)cn1. The number of methoxy groups -OCH3 is 1. The first kappa shape index (κ1) is 34.2. The average molecular weight is 743 g/mol. The number of fused-ring (bicyclic) bond motifs is 1. The van der Waals surface area contributed by atoms with Crippen molar-refractivity contribution in [1.82, 2.24) is 4.98 Å². The van der Waals surface area contributed by atoms with E-state index in [4.69, 9.17) is 9.47 Å². The number of thioether (sulfide) groups is 1. The summed E-state index contributed by atoms with van der Waals surface area (Å²) in [6.45, 7) is 11.7. The fraction of sp³-hybridized carbons (Fsp3) is 0.378. The van der Waals surface area contributed by atoms with Crippen molar-refractivity contribution in [1.29, 1.82) is 0 Å². The summed E-state index contributed by atoms with van der Waals surface area (Å²) in [5.74, 6) is -0.257. The zero-order chi connectivity index (χ0) is 33.2. The number of allylic oxidation sites excluding steroid dienone is 2. The van der Waals surface area contributed by atoms with Crippen LogP contribution in [0.4, 0.5) is 5.69 Å². The van der Waals surface area contributed by atoms with Crippen molar-refractivity contribution in [2.45, 2.75) is 75.5 Å². The van der Waals surface area contributed by atoms with Gasteiger partial charge in [-0.15, -0.1) is 0 Å². The molecule has 7 nitrogen and oxygen atoms in total. The number of hydrogen-bond acceptors (Lipinski definition) is 7. The molecule has 2 aliphatic rings. The van der Waals surface area contributed by atoms with Crippen LogP contribution in [0.2, 0.25) is 0 Å². The third-order valence-corrected chi connectivity index (χ3v) is 19.5. The van der Waals surface area contributed by atoms with E-state index in [2.05, 4.69) is 67.5 Å². The Kier molecular flexibility index (Phi) is 10.3. The molecular weight excluding hydrogens is 699 g/mol. The molecule has 0 amide bonds. The second-order valence-electron chi connectivity index (χ2n) is 13.8. The van der Waals surface area contributed by atoms with Crippen LogP contribution in [-0.4, -0.2) is 67.3 Å². The van der Waals surface area contributed by atoms with E-state index in [1.807, 2.05) is 30.3 Å². The number of Topliss-reactive ketones (excluding diaryl/α,β-unsaturated/α-hetero) is 1. The molecule has 0 fully saturated rings. The topological polar surface area (TPSA) is 97.8 Å². The number of ether oxygens (including phenoxy) is 2. The van der Waals surface area contributed by atoms with Gasteiger partial charge in [0.2, 0.25) is 0 Å². The molecule has 0 spiro atoms. The summed E-state index contributed by atoms with van der Waals surface area (Å²) in [5.41, 5.74) is 4.53. The molecule has 0 saturated heterocycles. The Bertz CT molecular complexity index is 1630. The van der Waals surface area contributed by atoms with Crippen molar-refractivity contribution in [3.63, 3.8) is 0 Å². The number of carboxylic acid groups (broad SMARTS) is 1. The summed E-state index contributed by atoms with van der Waals surface area (Å²) in [6.07, 6.45) is 4.49. The zero-order valence-corrected chi connectivity index (χ0v) is 31.8. The van der Waals surface area contributed by atoms with Crippen molar-refractivity contribution < 1.29 is 24.2 Å². The predicted molar refractivity (Wildman–Crippen MR) is 187 cm³/mol. The molecule has 46 heavy (non-hydrogen) atoms. The van der Waals surface area contributed by atoms with E-state index in [1.165, 1.54) is 14.5 Å². The number of carbonyl (C=O) groups excluding carboxylic acids is 1. The molecule has 0 radical (unpaired) electrons. The molecule has 0 saturated carbocycles. The summed E-state index contributed by atoms with van der Waals surface area (Å²) >= 11 is -1.32. The van der Waals surface area contributed by atoms with Crippen LogP contribution in [-0.2, 0) is 24.9 Å². The maximum absolute atomic E-state index is 13.2. The Labute approximate surface area is 284 Å². The summed E-state index contributed by atoms with van der Waals surface area (Å²) < 4.78 is 15.0. The fourth-order valence-electron chi connectivity index (χ4n) is 6.04. The second kappa shape index (κ2) is 13.9. The van der Waals surface area contributed by atoms with Gasteiger partial charge in [0.15, 0.2) is 0 Å². The van der Waals surface area contributed by atoms with Crippen LogP contribution in [0, 0.1) is 5.41 Å². The Morgan fingerprint density at radius 3 is 2.33 bits per heavy atom. The monoisotopic (exact) mass is 742 g/mol. The van der Waals surface area contributed by atoms with Gasteiger partial charge in [0, 0.05) is 0 Å². The van der Waals surface area contributed by atoms with Gasteiger partial charge in [0.1, 0.15) is 0 Å². The van der Waals surface area contributed by atoms with Crippen LogP contribution >= 0.6 is 11.8 Å². The molecule has 0 bridgehead atoms. The van der Waals surface area contributed by atoms with E-state index in [0.717, 1.165) is 29.4 Å². The van der Waals surface area contributed by atoms with Crippen molar-refractivity contribution in [2.24, 2.45) is 5.41 Å². The molecule has 2 aliphatic heterocycles. The molecule has 2 N–H and O–H groups in total. The number of para-hydroxylation sites is 1. The van der Waals surface area contributed by atoms with Gasteiger partial charge in [0.05, 0.1) is 0 Å². The fourth-order valence-corrected chi connectivity index (χ4v) is 18.6. The van der Waals surface area contributed by atoms with E-state index in [1.54, 1.807) is 45.8 Å². The third-order valence-electron chi connectivity index (χ3n) is 8.48. The Balaban J connectivity index is 1.49. The summed E-state index contributed by atoms with van der Waals surface area (Å²) in [5, 5.41) is 13.7. The summed E-state index contributed by atoms with van der Waals surface area (Å²) in [4.78, 5) is 31.0. The second-order valence-corrected chi connectivity index (χ2v) is 23.6. The number of carbonyl (C=O) groups is 2. The summed E-state index contributed by atoms with van der Waals surface area (Å²) in [6, 6.07) is 20.4.